The van der Waals surface area contributed by atoms with Crippen LogP contribution in [0.2, 0.25) is 0 Å². The number of hydrogen-bond acceptors (Lipinski definition) is 3. The average molecular weight is 384 g/mol. The van der Waals surface area contributed by atoms with E-state index in [-0.39, 0.29) is 23.5 Å². The number of amides is 2. The molecule has 4 rings (SSSR count). The zero-order valence-corrected chi connectivity index (χ0v) is 15.9. The van der Waals surface area contributed by atoms with Crippen molar-refractivity contribution in [2.24, 2.45) is 0 Å². The average Bonchev–Trinajstić information content (AvgIpc) is 2.89. The van der Waals surface area contributed by atoms with E-state index >= 15 is 0 Å². The quantitative estimate of drug-likeness (QED) is 0.879. The monoisotopic (exact) mass is 384 g/mol. The summed E-state index contributed by atoms with van der Waals surface area (Å²) in [7, 11) is 0. The number of carbonyl (C=O) groups excluding carboxylic acids is 2. The fraction of sp³-hybridized carbons (Fsp3) is 0.476. The van der Waals surface area contributed by atoms with Crippen molar-refractivity contribution in [3.05, 3.63) is 47.3 Å². The van der Waals surface area contributed by atoms with Crippen molar-refractivity contribution in [3.63, 3.8) is 0 Å². The Morgan fingerprint density at radius 2 is 1.61 bits per heavy atom. The van der Waals surface area contributed by atoms with Gasteiger partial charge in [0.15, 0.2) is 5.82 Å². The van der Waals surface area contributed by atoms with Crippen molar-refractivity contribution in [1.29, 1.82) is 0 Å². The number of carbonyl (C=O) groups is 2. The van der Waals surface area contributed by atoms with E-state index in [0.29, 0.717) is 17.9 Å². The van der Waals surface area contributed by atoms with Crippen LogP contribution in [0, 0.1) is 5.82 Å². The van der Waals surface area contributed by atoms with Crippen molar-refractivity contribution in [3.8, 4) is 0 Å². The van der Waals surface area contributed by atoms with Gasteiger partial charge in [-0.3, -0.25) is 9.59 Å². The zero-order valence-electron chi connectivity index (χ0n) is 15.9. The Morgan fingerprint density at radius 1 is 0.929 bits per heavy atom. The van der Waals surface area contributed by atoms with E-state index in [1.165, 1.54) is 24.3 Å². The molecule has 1 aromatic carbocycles. The van der Waals surface area contributed by atoms with E-state index in [0.717, 1.165) is 63.7 Å². The van der Waals surface area contributed by atoms with E-state index in [1.54, 1.807) is 0 Å². The first-order chi connectivity index (χ1) is 13.6. The summed E-state index contributed by atoms with van der Waals surface area (Å²) in [5, 5.41) is 2.76. The first kappa shape index (κ1) is 18.7. The molecule has 2 aliphatic heterocycles. The standard InChI is InChI=1S/C21H25FN4O2/c22-15-8-10-16(11-9-15)23-20(27)19-24-18(17-7-3-6-14-26(17)19)21(28)25-12-4-1-2-5-13-25/h8-11H,1-7,12-14H2,(H,23,27). The molecule has 148 valence electrons. The van der Waals surface area contributed by atoms with E-state index in [9.17, 15) is 14.0 Å². The fourth-order valence-electron chi connectivity index (χ4n) is 4.03. The smallest absolute Gasteiger partial charge is 0.291 e. The predicted molar refractivity (Wildman–Crippen MR) is 104 cm³/mol. The molecule has 1 saturated heterocycles. The lowest BCUT2D eigenvalue weighted by atomic mass is 10.1. The number of fused-ring (bicyclic) bond motifs is 1. The Balaban J connectivity index is 1.62. The summed E-state index contributed by atoms with van der Waals surface area (Å²) in [6.07, 6.45) is 7.03. The molecule has 1 N–H and O–H groups in total. The number of benzene rings is 1. The third-order valence-electron chi connectivity index (χ3n) is 5.52. The molecule has 0 unspecified atom stereocenters. The van der Waals surface area contributed by atoms with Crippen LogP contribution in [0.5, 0.6) is 0 Å². The Hall–Kier alpha value is -2.70. The summed E-state index contributed by atoms with van der Waals surface area (Å²) in [4.78, 5) is 32.3. The SMILES string of the molecule is O=C(Nc1ccc(F)cc1)c1nc(C(=O)N2CCCCCC2)c2n1CCCC2. The fourth-order valence-corrected chi connectivity index (χ4v) is 4.03. The van der Waals surface area contributed by atoms with Crippen LogP contribution in [-0.2, 0) is 13.0 Å². The second kappa shape index (κ2) is 8.12. The molecule has 0 atom stereocenters. The van der Waals surface area contributed by atoms with Gasteiger partial charge in [-0.2, -0.15) is 0 Å². The Morgan fingerprint density at radius 3 is 2.32 bits per heavy atom. The van der Waals surface area contributed by atoms with Crippen LogP contribution in [0.3, 0.4) is 0 Å². The van der Waals surface area contributed by atoms with Gasteiger partial charge in [0.25, 0.3) is 11.8 Å². The molecule has 1 fully saturated rings. The molecule has 2 aromatic rings. The number of anilines is 1. The summed E-state index contributed by atoms with van der Waals surface area (Å²) in [6.45, 7) is 2.19. The summed E-state index contributed by atoms with van der Waals surface area (Å²) in [5.41, 5.74) is 1.79. The van der Waals surface area contributed by atoms with Crippen LogP contribution in [0.25, 0.3) is 0 Å². The van der Waals surface area contributed by atoms with Crippen molar-refractivity contribution in [2.45, 2.75) is 51.5 Å². The van der Waals surface area contributed by atoms with Gasteiger partial charge in [-0.05, 0) is 56.4 Å². The van der Waals surface area contributed by atoms with Crippen LogP contribution < -0.4 is 5.32 Å². The molecular weight excluding hydrogens is 359 g/mol. The molecule has 2 aliphatic rings. The summed E-state index contributed by atoms with van der Waals surface area (Å²) < 4.78 is 15.0. The van der Waals surface area contributed by atoms with Gasteiger partial charge in [0.05, 0.1) is 5.69 Å². The van der Waals surface area contributed by atoms with Crippen LogP contribution in [0.4, 0.5) is 10.1 Å². The highest BCUT2D eigenvalue weighted by molar-refractivity contribution is 6.03. The minimum absolute atomic E-state index is 0.0617. The van der Waals surface area contributed by atoms with Crippen LogP contribution in [0.1, 0.15) is 65.3 Å². The van der Waals surface area contributed by atoms with Crippen molar-refractivity contribution >= 4 is 17.5 Å². The predicted octanol–water partition coefficient (Wildman–Crippen LogP) is 3.63. The molecule has 0 bridgehead atoms. The maximum absolute atomic E-state index is 13.1. The van der Waals surface area contributed by atoms with E-state index in [4.69, 9.17) is 0 Å². The number of likely N-dealkylation sites (tertiary alicyclic amines) is 1. The van der Waals surface area contributed by atoms with Gasteiger partial charge in [-0.1, -0.05) is 12.8 Å². The van der Waals surface area contributed by atoms with Crippen LogP contribution >= 0.6 is 0 Å². The van der Waals surface area contributed by atoms with Gasteiger partial charge in [0.1, 0.15) is 11.5 Å². The number of rotatable bonds is 3. The lowest BCUT2D eigenvalue weighted by Crippen LogP contribution is -2.33. The third-order valence-corrected chi connectivity index (χ3v) is 5.52. The summed E-state index contributed by atoms with van der Waals surface area (Å²) >= 11 is 0. The van der Waals surface area contributed by atoms with Gasteiger partial charge in [0.2, 0.25) is 0 Å². The molecule has 2 amide bonds. The zero-order chi connectivity index (χ0) is 19.5. The third kappa shape index (κ3) is 3.79. The maximum Gasteiger partial charge on any atom is 0.291 e. The van der Waals surface area contributed by atoms with Crippen molar-refractivity contribution < 1.29 is 14.0 Å². The van der Waals surface area contributed by atoms with Crippen molar-refractivity contribution in [1.82, 2.24) is 14.5 Å². The Bertz CT molecular complexity index is 867. The first-order valence-corrected chi connectivity index (χ1v) is 10.1. The number of imidazole rings is 1. The van der Waals surface area contributed by atoms with E-state index in [1.807, 2.05) is 9.47 Å². The number of nitrogens with zero attached hydrogens (tertiary/aromatic N) is 3. The minimum atomic E-state index is -0.371. The number of aromatic nitrogens is 2. The maximum atomic E-state index is 13.1. The highest BCUT2D eigenvalue weighted by Gasteiger charge is 2.30. The summed E-state index contributed by atoms with van der Waals surface area (Å²) in [6, 6.07) is 5.61. The normalized spacial score (nSPS) is 17.0. The second-order valence-electron chi connectivity index (χ2n) is 7.51. The molecule has 28 heavy (non-hydrogen) atoms. The van der Waals surface area contributed by atoms with E-state index in [2.05, 4.69) is 10.3 Å². The molecule has 7 heteroatoms. The number of halogens is 1. The minimum Gasteiger partial charge on any atom is -0.337 e. The largest absolute Gasteiger partial charge is 0.337 e. The second-order valence-corrected chi connectivity index (χ2v) is 7.51. The molecule has 0 aliphatic carbocycles. The molecule has 0 spiro atoms. The lowest BCUT2D eigenvalue weighted by molar-refractivity contribution is 0.0754. The number of hydrogen-bond donors (Lipinski definition) is 1. The lowest BCUT2D eigenvalue weighted by Gasteiger charge is -2.21. The van der Waals surface area contributed by atoms with Gasteiger partial charge in [-0.15, -0.1) is 0 Å². The van der Waals surface area contributed by atoms with Crippen LogP contribution in [-0.4, -0.2) is 39.4 Å². The molecule has 3 heterocycles. The molecule has 0 radical (unpaired) electrons. The molecular formula is C21H25FN4O2. The van der Waals surface area contributed by atoms with Gasteiger partial charge in [-0.25, -0.2) is 9.37 Å². The molecule has 1 aromatic heterocycles. The van der Waals surface area contributed by atoms with Gasteiger partial charge >= 0.3 is 0 Å². The number of nitrogens with one attached hydrogen (secondary N) is 1. The Kier molecular flexibility index (Phi) is 5.41. The molecule has 6 nitrogen and oxygen atoms in total. The van der Waals surface area contributed by atoms with Gasteiger partial charge in [0, 0.05) is 25.3 Å². The topological polar surface area (TPSA) is 67.2 Å². The van der Waals surface area contributed by atoms with E-state index < -0.39 is 0 Å². The van der Waals surface area contributed by atoms with Gasteiger partial charge < -0.3 is 14.8 Å². The summed E-state index contributed by atoms with van der Waals surface area (Å²) in [5.74, 6) is -0.531. The first-order valence-electron chi connectivity index (χ1n) is 10.1. The Labute approximate surface area is 163 Å². The highest BCUT2D eigenvalue weighted by atomic mass is 19.1. The van der Waals surface area contributed by atoms with Crippen LogP contribution in [0.15, 0.2) is 24.3 Å². The van der Waals surface area contributed by atoms with Crippen molar-refractivity contribution in [2.75, 3.05) is 18.4 Å². The molecule has 0 saturated carbocycles. The highest BCUT2D eigenvalue weighted by Crippen LogP contribution is 2.24.